The minimum Gasteiger partial charge on any atom is -0.370 e. The van der Waals surface area contributed by atoms with Crippen molar-refractivity contribution in [3.05, 3.63) is 41.7 Å². The monoisotopic (exact) mass is 361 g/mol. The Bertz CT molecular complexity index is 716. The van der Waals surface area contributed by atoms with Crippen LogP contribution in [-0.2, 0) is 16.1 Å². The van der Waals surface area contributed by atoms with Gasteiger partial charge in [-0.2, -0.15) is 0 Å². The molecule has 0 bridgehead atoms. The Morgan fingerprint density at radius 2 is 2.16 bits per heavy atom. The third kappa shape index (κ3) is 5.30. The molecule has 1 saturated heterocycles. The van der Waals surface area contributed by atoms with Crippen LogP contribution in [-0.4, -0.2) is 39.5 Å². The van der Waals surface area contributed by atoms with Crippen molar-refractivity contribution in [1.29, 1.82) is 0 Å². The van der Waals surface area contributed by atoms with Gasteiger partial charge in [-0.1, -0.05) is 42.1 Å². The number of nitrogens with zero attached hydrogens (tertiary/aromatic N) is 2. The molecule has 1 atom stereocenters. The molecule has 0 unspecified atom stereocenters. The zero-order valence-electron chi connectivity index (χ0n) is 13.5. The molecule has 1 aromatic heterocycles. The van der Waals surface area contributed by atoms with Crippen LogP contribution in [0.3, 0.4) is 0 Å². The number of aromatic nitrogens is 3. The second kappa shape index (κ2) is 8.63. The summed E-state index contributed by atoms with van der Waals surface area (Å²) in [5.41, 5.74) is 0.960. The molecule has 132 valence electrons. The molecule has 3 N–H and O–H groups in total. The number of nitrogens with one attached hydrogen (secondary N) is 3. The summed E-state index contributed by atoms with van der Waals surface area (Å²) in [5, 5.41) is 12.3. The van der Waals surface area contributed by atoms with Crippen molar-refractivity contribution in [2.24, 2.45) is 0 Å². The van der Waals surface area contributed by atoms with Gasteiger partial charge in [-0.3, -0.25) is 15.2 Å². The predicted molar refractivity (Wildman–Crippen MR) is 91.9 cm³/mol. The lowest BCUT2D eigenvalue weighted by atomic mass is 10.2. The summed E-state index contributed by atoms with van der Waals surface area (Å²) in [6, 6.07) is 8.94. The van der Waals surface area contributed by atoms with Crippen LogP contribution < -0.4 is 10.6 Å². The molecule has 2 aromatic rings. The van der Waals surface area contributed by atoms with E-state index in [0.717, 1.165) is 36.8 Å². The molecule has 8 nitrogen and oxygen atoms in total. The van der Waals surface area contributed by atoms with Crippen molar-refractivity contribution >= 4 is 23.7 Å². The molecule has 1 aromatic carbocycles. The zero-order chi connectivity index (χ0) is 17.5. The molecular formula is C16H19N5O3S. The van der Waals surface area contributed by atoms with Crippen molar-refractivity contribution in [2.45, 2.75) is 30.6 Å². The van der Waals surface area contributed by atoms with Gasteiger partial charge >= 0.3 is 6.03 Å². The Kier molecular flexibility index (Phi) is 6.02. The second-order valence-electron chi connectivity index (χ2n) is 5.51. The van der Waals surface area contributed by atoms with Gasteiger partial charge in [-0.15, -0.1) is 5.10 Å². The van der Waals surface area contributed by atoms with E-state index in [4.69, 9.17) is 4.74 Å². The van der Waals surface area contributed by atoms with Gasteiger partial charge in [-0.25, -0.2) is 9.78 Å². The maximum Gasteiger partial charge on any atom is 0.321 e. The van der Waals surface area contributed by atoms with Gasteiger partial charge in [0.05, 0.1) is 5.75 Å². The van der Waals surface area contributed by atoms with Crippen LogP contribution in [0, 0.1) is 0 Å². The van der Waals surface area contributed by atoms with Gasteiger partial charge in [-0.05, 0) is 18.4 Å². The van der Waals surface area contributed by atoms with Crippen LogP contribution >= 0.6 is 11.8 Å². The molecule has 0 saturated carbocycles. The Balaban J connectivity index is 1.38. The highest BCUT2D eigenvalue weighted by Crippen LogP contribution is 2.26. The molecular weight excluding hydrogens is 342 g/mol. The van der Waals surface area contributed by atoms with E-state index in [1.807, 2.05) is 30.3 Å². The number of benzene rings is 1. The molecule has 3 amide bonds. The molecule has 0 aliphatic carbocycles. The number of aromatic amines is 1. The van der Waals surface area contributed by atoms with Crippen LogP contribution in [0.1, 0.15) is 30.3 Å². The summed E-state index contributed by atoms with van der Waals surface area (Å²) in [5.74, 6) is 0.335. The molecule has 0 spiro atoms. The Hall–Kier alpha value is -2.39. The Morgan fingerprint density at radius 3 is 2.92 bits per heavy atom. The molecule has 3 rings (SSSR count). The van der Waals surface area contributed by atoms with Crippen molar-refractivity contribution in [3.63, 3.8) is 0 Å². The molecule has 1 fully saturated rings. The molecule has 0 radical (unpaired) electrons. The first kappa shape index (κ1) is 17.4. The number of hydrogen-bond donors (Lipinski definition) is 3. The standard InChI is InChI=1S/C16H19N5O3S/c22-13(18-15(23)17-9-11-5-2-1-3-6-11)10-25-16-19-14(20-21-16)12-7-4-8-24-12/h1-3,5-6,12H,4,7-10H2,(H,19,20,21)(H2,17,18,22,23)/t12-/m0/s1. The number of rotatable bonds is 6. The topological polar surface area (TPSA) is 109 Å². The van der Waals surface area contributed by atoms with Gasteiger partial charge in [0.1, 0.15) is 6.10 Å². The average Bonchev–Trinajstić information content (AvgIpc) is 3.30. The van der Waals surface area contributed by atoms with E-state index in [1.165, 1.54) is 0 Å². The molecule has 25 heavy (non-hydrogen) atoms. The third-order valence-corrected chi connectivity index (χ3v) is 4.45. The summed E-state index contributed by atoms with van der Waals surface area (Å²) in [6.45, 7) is 1.09. The summed E-state index contributed by atoms with van der Waals surface area (Å²) >= 11 is 1.16. The molecule has 9 heteroatoms. The number of H-pyrrole nitrogens is 1. The van der Waals surface area contributed by atoms with Crippen molar-refractivity contribution in [2.75, 3.05) is 12.4 Å². The smallest absolute Gasteiger partial charge is 0.321 e. The highest BCUT2D eigenvalue weighted by Gasteiger charge is 2.21. The summed E-state index contributed by atoms with van der Waals surface area (Å²) in [4.78, 5) is 27.8. The first-order valence-corrected chi connectivity index (χ1v) is 8.97. The van der Waals surface area contributed by atoms with E-state index in [9.17, 15) is 9.59 Å². The normalized spacial score (nSPS) is 16.6. The van der Waals surface area contributed by atoms with Crippen molar-refractivity contribution in [3.8, 4) is 0 Å². The fourth-order valence-electron chi connectivity index (χ4n) is 2.38. The summed E-state index contributed by atoms with van der Waals surface area (Å²) in [7, 11) is 0. The predicted octanol–water partition coefficient (Wildman–Crippen LogP) is 1.77. The highest BCUT2D eigenvalue weighted by molar-refractivity contribution is 7.99. The van der Waals surface area contributed by atoms with Gasteiger partial charge in [0.15, 0.2) is 5.82 Å². The van der Waals surface area contributed by atoms with E-state index in [1.54, 1.807) is 0 Å². The summed E-state index contributed by atoms with van der Waals surface area (Å²) in [6.07, 6.45) is 1.88. The van der Waals surface area contributed by atoms with Crippen LogP contribution in [0.5, 0.6) is 0 Å². The lowest BCUT2D eigenvalue weighted by Gasteiger charge is -2.06. The number of carbonyl (C=O) groups excluding carboxylic acids is 2. The van der Waals surface area contributed by atoms with Crippen LogP contribution in [0.4, 0.5) is 4.79 Å². The quantitative estimate of drug-likeness (QED) is 0.677. The van der Waals surface area contributed by atoms with E-state index in [2.05, 4.69) is 25.8 Å². The Morgan fingerprint density at radius 1 is 1.32 bits per heavy atom. The first-order valence-electron chi connectivity index (χ1n) is 7.99. The van der Waals surface area contributed by atoms with Gasteiger partial charge in [0.2, 0.25) is 11.1 Å². The average molecular weight is 361 g/mol. The van der Waals surface area contributed by atoms with Crippen LogP contribution in [0.15, 0.2) is 35.5 Å². The van der Waals surface area contributed by atoms with Crippen molar-refractivity contribution in [1.82, 2.24) is 25.8 Å². The van der Waals surface area contributed by atoms with Crippen molar-refractivity contribution < 1.29 is 14.3 Å². The van der Waals surface area contributed by atoms with E-state index in [0.29, 0.717) is 17.5 Å². The fraction of sp³-hybridized carbons (Fsp3) is 0.375. The maximum absolute atomic E-state index is 11.8. The van der Waals surface area contributed by atoms with Gasteiger partial charge in [0, 0.05) is 13.2 Å². The SMILES string of the molecule is O=C(CSc1n[nH]c([C@@H]2CCCO2)n1)NC(=O)NCc1ccccc1. The highest BCUT2D eigenvalue weighted by atomic mass is 32.2. The Labute approximate surface area is 149 Å². The lowest BCUT2D eigenvalue weighted by Crippen LogP contribution is -2.39. The lowest BCUT2D eigenvalue weighted by molar-refractivity contribution is -0.117. The number of imide groups is 1. The van der Waals surface area contributed by atoms with Crippen LogP contribution in [0.25, 0.3) is 0 Å². The number of carbonyl (C=O) groups is 2. The molecule has 1 aliphatic heterocycles. The number of urea groups is 1. The van der Waals surface area contributed by atoms with E-state index >= 15 is 0 Å². The fourth-order valence-corrected chi connectivity index (χ4v) is 2.98. The minimum atomic E-state index is -0.524. The largest absolute Gasteiger partial charge is 0.370 e. The second-order valence-corrected chi connectivity index (χ2v) is 6.45. The first-order chi connectivity index (χ1) is 12.2. The number of amides is 3. The van der Waals surface area contributed by atoms with E-state index in [-0.39, 0.29) is 11.9 Å². The zero-order valence-corrected chi connectivity index (χ0v) is 14.3. The molecule has 2 heterocycles. The van der Waals surface area contributed by atoms with Gasteiger partial charge < -0.3 is 10.1 Å². The number of thioether (sulfide) groups is 1. The van der Waals surface area contributed by atoms with Gasteiger partial charge in [0.25, 0.3) is 0 Å². The van der Waals surface area contributed by atoms with E-state index < -0.39 is 11.9 Å². The van der Waals surface area contributed by atoms with Crippen LogP contribution in [0.2, 0.25) is 0 Å². The minimum absolute atomic E-state index is 0.0422. The number of hydrogen-bond acceptors (Lipinski definition) is 6. The third-order valence-electron chi connectivity index (χ3n) is 3.60. The number of ether oxygens (including phenoxy) is 1. The molecule has 1 aliphatic rings. The maximum atomic E-state index is 11.8. The summed E-state index contributed by atoms with van der Waals surface area (Å²) < 4.78 is 5.52.